The van der Waals surface area contributed by atoms with E-state index in [9.17, 15) is 4.79 Å². The van der Waals surface area contributed by atoms with Gasteiger partial charge in [0.2, 0.25) is 0 Å². The SMILES string of the molecule is C=C(C)C(=O)OC[SiH]1CCCO[SiH2]1. The van der Waals surface area contributed by atoms with Gasteiger partial charge >= 0.3 is 5.97 Å². The van der Waals surface area contributed by atoms with Gasteiger partial charge in [-0.05, 0) is 13.3 Å². The predicted molar refractivity (Wildman–Crippen MR) is 56.8 cm³/mol. The van der Waals surface area contributed by atoms with E-state index < -0.39 is 8.31 Å². The van der Waals surface area contributed by atoms with Gasteiger partial charge in [-0.15, -0.1) is 0 Å². The van der Waals surface area contributed by atoms with Crippen molar-refractivity contribution in [1.29, 1.82) is 0 Å². The van der Waals surface area contributed by atoms with Crippen molar-refractivity contribution in [2.24, 2.45) is 0 Å². The fourth-order valence-electron chi connectivity index (χ4n) is 1.26. The molecular weight excluding hydrogens is 200 g/mol. The number of hydrogen-bond acceptors (Lipinski definition) is 3. The summed E-state index contributed by atoms with van der Waals surface area (Å²) in [6.07, 6.45) is 1.83. The van der Waals surface area contributed by atoms with E-state index in [4.69, 9.17) is 9.16 Å². The van der Waals surface area contributed by atoms with Crippen molar-refractivity contribution in [2.75, 3.05) is 12.8 Å². The lowest BCUT2D eigenvalue weighted by molar-refractivity contribution is -0.137. The first-order valence-corrected chi connectivity index (χ1v) is 10.1. The summed E-state index contributed by atoms with van der Waals surface area (Å²) in [6.45, 7) is 6.15. The molecule has 0 spiro atoms. The van der Waals surface area contributed by atoms with Crippen molar-refractivity contribution in [3.8, 4) is 0 Å². The summed E-state index contributed by atoms with van der Waals surface area (Å²) >= 11 is 0. The maximum atomic E-state index is 11.1. The molecule has 13 heavy (non-hydrogen) atoms. The zero-order valence-electron chi connectivity index (χ0n) is 8.04. The van der Waals surface area contributed by atoms with Crippen LogP contribution in [0.15, 0.2) is 12.2 Å². The third-order valence-corrected chi connectivity index (χ3v) is 8.96. The quantitative estimate of drug-likeness (QED) is 0.375. The lowest BCUT2D eigenvalue weighted by atomic mass is 10.4. The minimum absolute atomic E-state index is 0.243. The Morgan fingerprint density at radius 3 is 3.08 bits per heavy atom. The highest BCUT2D eigenvalue weighted by molar-refractivity contribution is 7.10. The molecule has 0 saturated carbocycles. The molecule has 0 aliphatic carbocycles. The van der Waals surface area contributed by atoms with Crippen molar-refractivity contribution in [3.05, 3.63) is 12.2 Å². The molecule has 0 aromatic rings. The van der Waals surface area contributed by atoms with Gasteiger partial charge in [0.05, 0.1) is 6.23 Å². The van der Waals surface area contributed by atoms with Gasteiger partial charge in [0.1, 0.15) is 8.31 Å². The van der Waals surface area contributed by atoms with Gasteiger partial charge in [-0.2, -0.15) is 0 Å². The highest BCUT2D eigenvalue weighted by Gasteiger charge is 2.18. The molecule has 0 aromatic carbocycles. The molecule has 1 fully saturated rings. The average molecular weight is 216 g/mol. The molecule has 0 amide bonds. The molecule has 1 rings (SSSR count). The first-order valence-electron chi connectivity index (χ1n) is 4.60. The van der Waals surface area contributed by atoms with Crippen LogP contribution in [0.4, 0.5) is 0 Å². The van der Waals surface area contributed by atoms with Crippen LogP contribution in [0.25, 0.3) is 0 Å². The van der Waals surface area contributed by atoms with Crippen molar-refractivity contribution >= 4 is 23.6 Å². The summed E-state index contributed by atoms with van der Waals surface area (Å²) in [4.78, 5) is 11.1. The third-order valence-electron chi connectivity index (χ3n) is 2.05. The van der Waals surface area contributed by atoms with E-state index in [0.29, 0.717) is 11.8 Å². The average Bonchev–Trinajstić information content (AvgIpc) is 2.15. The van der Waals surface area contributed by atoms with E-state index in [1.54, 1.807) is 6.92 Å². The van der Waals surface area contributed by atoms with Crippen LogP contribution < -0.4 is 0 Å². The van der Waals surface area contributed by atoms with Crippen LogP contribution in [0.3, 0.4) is 0 Å². The number of carbonyl (C=O) groups excluding carboxylic acids is 1. The standard InChI is InChI=1S/C8H16O3Si2/c1-7(2)8(9)10-6-13-5-3-4-11-12-13/h13H,1,3-6,12H2,2H3. The van der Waals surface area contributed by atoms with E-state index in [-0.39, 0.29) is 15.2 Å². The molecule has 1 aliphatic heterocycles. The molecule has 0 aromatic heterocycles. The summed E-state index contributed by atoms with van der Waals surface area (Å²) < 4.78 is 10.6. The summed E-state index contributed by atoms with van der Waals surface area (Å²) in [5.41, 5.74) is 0.493. The van der Waals surface area contributed by atoms with Crippen LogP contribution >= 0.6 is 0 Å². The lowest BCUT2D eigenvalue weighted by Crippen LogP contribution is -2.35. The van der Waals surface area contributed by atoms with Crippen molar-refractivity contribution in [1.82, 2.24) is 0 Å². The zero-order valence-corrected chi connectivity index (χ0v) is 10.6. The summed E-state index contributed by atoms with van der Waals surface area (Å²) in [6, 6.07) is 1.29. The first kappa shape index (κ1) is 10.7. The normalized spacial score (nSPS) is 24.2. The molecule has 1 aliphatic rings. The van der Waals surface area contributed by atoms with Crippen LogP contribution in [0.5, 0.6) is 0 Å². The number of rotatable bonds is 3. The van der Waals surface area contributed by atoms with Crippen LogP contribution in [0.1, 0.15) is 13.3 Å². The smallest absolute Gasteiger partial charge is 0.332 e. The Bertz CT molecular complexity index is 200. The maximum Gasteiger partial charge on any atom is 0.332 e. The van der Waals surface area contributed by atoms with E-state index >= 15 is 0 Å². The fraction of sp³-hybridized carbons (Fsp3) is 0.625. The second kappa shape index (κ2) is 5.36. The van der Waals surface area contributed by atoms with Gasteiger partial charge < -0.3 is 9.16 Å². The second-order valence-corrected chi connectivity index (χ2v) is 11.3. The lowest BCUT2D eigenvalue weighted by Gasteiger charge is -2.19. The van der Waals surface area contributed by atoms with Gasteiger partial charge in [-0.3, -0.25) is 0 Å². The Morgan fingerprint density at radius 1 is 1.77 bits per heavy atom. The minimum Gasteiger partial charge on any atom is -0.467 e. The van der Waals surface area contributed by atoms with Gasteiger partial charge in [0, 0.05) is 12.2 Å². The molecule has 3 nitrogen and oxygen atoms in total. The van der Waals surface area contributed by atoms with Crippen LogP contribution in [-0.2, 0) is 14.0 Å². The molecular formula is C8H16O3Si2. The fourth-order valence-corrected chi connectivity index (χ4v) is 7.03. The number of esters is 1. The van der Waals surface area contributed by atoms with Gasteiger partial charge in [-0.1, -0.05) is 12.6 Å². The zero-order chi connectivity index (χ0) is 9.68. The minimum atomic E-state index is -0.791. The largest absolute Gasteiger partial charge is 0.467 e. The molecule has 0 N–H and O–H groups in total. The van der Waals surface area contributed by atoms with Gasteiger partial charge in [-0.25, -0.2) is 4.79 Å². The number of hydrogen-bond donors (Lipinski definition) is 0. The third kappa shape index (κ3) is 3.88. The van der Waals surface area contributed by atoms with Gasteiger partial charge in [0.15, 0.2) is 9.28 Å². The Labute approximate surface area is 82.5 Å². The summed E-state index contributed by atoms with van der Waals surface area (Å²) in [5, 5.41) is 0. The second-order valence-electron chi connectivity index (χ2n) is 3.46. The molecule has 1 saturated heterocycles. The monoisotopic (exact) mass is 216 g/mol. The number of ether oxygens (including phenoxy) is 1. The van der Waals surface area contributed by atoms with Crippen molar-refractivity contribution in [2.45, 2.75) is 19.4 Å². The Balaban J connectivity index is 2.17. The molecule has 5 heteroatoms. The molecule has 1 unspecified atom stereocenters. The van der Waals surface area contributed by atoms with E-state index in [0.717, 1.165) is 13.0 Å². The summed E-state index contributed by atoms with van der Waals surface area (Å²) in [5.74, 6) is -0.243. The molecule has 0 bridgehead atoms. The highest BCUT2D eigenvalue weighted by Crippen LogP contribution is 2.05. The Hall–Kier alpha value is -0.396. The van der Waals surface area contributed by atoms with Gasteiger partial charge in [0.25, 0.3) is 0 Å². The molecule has 74 valence electrons. The molecule has 1 heterocycles. The molecule has 0 radical (unpaired) electrons. The van der Waals surface area contributed by atoms with Crippen LogP contribution in [0, 0.1) is 0 Å². The number of carbonyl (C=O) groups is 1. The predicted octanol–water partition coefficient (Wildman–Crippen LogP) is -0.127. The topological polar surface area (TPSA) is 35.5 Å². The Morgan fingerprint density at radius 2 is 2.54 bits per heavy atom. The van der Waals surface area contributed by atoms with Crippen LogP contribution in [0.2, 0.25) is 6.04 Å². The molecule has 1 atom stereocenters. The van der Waals surface area contributed by atoms with Crippen molar-refractivity contribution < 1.29 is 14.0 Å². The van der Waals surface area contributed by atoms with E-state index in [2.05, 4.69) is 6.58 Å². The summed E-state index contributed by atoms with van der Waals surface area (Å²) in [7, 11) is -1.10. The van der Waals surface area contributed by atoms with E-state index in [1.807, 2.05) is 0 Å². The first-order chi connectivity index (χ1) is 6.20. The highest BCUT2D eigenvalue weighted by atomic mass is 29.2. The maximum absolute atomic E-state index is 11.1. The van der Waals surface area contributed by atoms with E-state index in [1.165, 1.54) is 6.04 Å². The van der Waals surface area contributed by atoms with Crippen LogP contribution in [-0.4, -0.2) is 36.4 Å². The van der Waals surface area contributed by atoms with Crippen molar-refractivity contribution in [3.63, 3.8) is 0 Å². The Kier molecular flexibility index (Phi) is 4.40.